The summed E-state index contributed by atoms with van der Waals surface area (Å²) in [4.78, 5) is 9.41. The van der Waals surface area contributed by atoms with Gasteiger partial charge in [0, 0.05) is 10.8 Å². The van der Waals surface area contributed by atoms with Gasteiger partial charge in [0.15, 0.2) is 6.61 Å². The molecule has 0 aliphatic carbocycles. The number of benzene rings is 1. The normalized spacial score (nSPS) is 10.8. The fourth-order valence-electron chi connectivity index (χ4n) is 1.51. The van der Waals surface area contributed by atoms with E-state index >= 15 is 0 Å². The van der Waals surface area contributed by atoms with Crippen molar-refractivity contribution in [1.29, 1.82) is 0 Å². The van der Waals surface area contributed by atoms with Crippen molar-refractivity contribution in [2.45, 2.75) is 6.61 Å². The second kappa shape index (κ2) is 3.73. The Labute approximate surface area is 92.0 Å². The van der Waals surface area contributed by atoms with Gasteiger partial charge in [0.1, 0.15) is 12.5 Å². The number of rotatable bonds is 3. The summed E-state index contributed by atoms with van der Waals surface area (Å²) >= 11 is 0. The molecular weight excluding hydrogens is 204 g/mol. The molecule has 0 aliphatic rings. The van der Waals surface area contributed by atoms with Gasteiger partial charge in [0.25, 0.3) is 0 Å². The summed E-state index contributed by atoms with van der Waals surface area (Å²) in [5.74, 6) is 0.547. The molecule has 0 bridgehead atoms. The first-order chi connectivity index (χ1) is 7.92. The quantitative estimate of drug-likeness (QED) is 0.668. The summed E-state index contributed by atoms with van der Waals surface area (Å²) in [6, 6.07) is 7.95. The van der Waals surface area contributed by atoms with E-state index in [0.717, 1.165) is 10.8 Å². The molecule has 0 unspecified atom stereocenters. The van der Waals surface area contributed by atoms with Crippen molar-refractivity contribution in [2.75, 3.05) is 0 Å². The Morgan fingerprint density at radius 2 is 2.31 bits per heavy atom. The molecule has 79 valence electrons. The third kappa shape index (κ3) is 1.65. The molecule has 2 aromatic heterocycles. The Bertz CT molecular complexity index is 551. The zero-order valence-electron chi connectivity index (χ0n) is 8.46. The van der Waals surface area contributed by atoms with Gasteiger partial charge >= 0.3 is 0 Å². The van der Waals surface area contributed by atoms with Crippen LogP contribution in [0.1, 0.15) is 5.89 Å². The number of hydrogen-bond acceptors (Lipinski definition) is 3. The molecule has 0 saturated heterocycles. The van der Waals surface area contributed by atoms with Crippen molar-refractivity contribution in [3.63, 3.8) is 0 Å². The molecule has 0 spiro atoms. The largest absolute Gasteiger partial charge is 0.445 e. The lowest BCUT2D eigenvalue weighted by Crippen LogP contribution is -2.08. The summed E-state index contributed by atoms with van der Waals surface area (Å²) in [5.41, 5.74) is 0. The van der Waals surface area contributed by atoms with Crippen LogP contribution >= 0.6 is 0 Å². The predicted octanol–water partition coefficient (Wildman–Crippen LogP) is 2.06. The lowest BCUT2D eigenvalue weighted by atomic mass is 10.2. The molecule has 3 aromatic rings. The fraction of sp³-hybridized carbons (Fsp3) is 0.0833. The highest BCUT2D eigenvalue weighted by Crippen LogP contribution is 2.12. The predicted molar refractivity (Wildman–Crippen MR) is 57.6 cm³/mol. The smallest absolute Gasteiger partial charge is 0.234 e. The van der Waals surface area contributed by atoms with Crippen LogP contribution in [0.3, 0.4) is 0 Å². The number of fused-ring (bicyclic) bond motifs is 1. The summed E-state index contributed by atoms with van der Waals surface area (Å²) in [6.07, 6.45) is 8.07. The summed E-state index contributed by atoms with van der Waals surface area (Å²) < 4.78 is 6.62. The zero-order chi connectivity index (χ0) is 10.8. The van der Waals surface area contributed by atoms with E-state index in [-0.39, 0.29) is 0 Å². The van der Waals surface area contributed by atoms with Crippen molar-refractivity contribution >= 4 is 10.8 Å². The van der Waals surface area contributed by atoms with E-state index < -0.39 is 0 Å². The molecule has 16 heavy (non-hydrogen) atoms. The second-order valence-corrected chi connectivity index (χ2v) is 3.35. The van der Waals surface area contributed by atoms with Gasteiger partial charge in [-0.05, 0) is 0 Å². The minimum Gasteiger partial charge on any atom is -0.445 e. The van der Waals surface area contributed by atoms with Crippen molar-refractivity contribution in [2.24, 2.45) is 0 Å². The highest BCUT2D eigenvalue weighted by molar-refractivity contribution is 5.81. The minimum atomic E-state index is 0.296. The number of oxazole rings is 1. The second-order valence-electron chi connectivity index (χ2n) is 3.35. The Kier molecular flexibility index (Phi) is 2.11. The van der Waals surface area contributed by atoms with Crippen LogP contribution in [0.15, 0.2) is 47.3 Å². The van der Waals surface area contributed by atoms with E-state index in [4.69, 9.17) is 9.25 Å². The first kappa shape index (κ1) is 9.03. The van der Waals surface area contributed by atoms with Crippen LogP contribution < -0.4 is 4.84 Å². The van der Waals surface area contributed by atoms with E-state index in [0.29, 0.717) is 12.5 Å². The molecule has 3 rings (SSSR count). The van der Waals surface area contributed by atoms with Crippen LogP contribution in [0, 0.1) is 6.20 Å². The maximum atomic E-state index is 5.44. The molecular formula is C12H9N2O2. The van der Waals surface area contributed by atoms with Crippen LogP contribution in [-0.4, -0.2) is 9.71 Å². The van der Waals surface area contributed by atoms with Crippen molar-refractivity contribution in [3.05, 3.63) is 55.0 Å². The van der Waals surface area contributed by atoms with Crippen molar-refractivity contribution in [1.82, 2.24) is 9.71 Å². The average molecular weight is 213 g/mol. The van der Waals surface area contributed by atoms with Crippen LogP contribution in [0.5, 0.6) is 0 Å². The van der Waals surface area contributed by atoms with Crippen molar-refractivity contribution < 1.29 is 9.25 Å². The maximum Gasteiger partial charge on any atom is 0.234 e. The number of hydrogen-bond donors (Lipinski definition) is 0. The van der Waals surface area contributed by atoms with Crippen LogP contribution in [0.25, 0.3) is 10.8 Å². The Morgan fingerprint density at radius 3 is 3.12 bits per heavy atom. The Balaban J connectivity index is 1.79. The minimum absolute atomic E-state index is 0.296. The lowest BCUT2D eigenvalue weighted by molar-refractivity contribution is 0.0817. The highest BCUT2D eigenvalue weighted by Gasteiger charge is 2.01. The Hall–Kier alpha value is -2.23. The van der Waals surface area contributed by atoms with E-state index in [2.05, 4.69) is 11.2 Å². The Morgan fingerprint density at radius 1 is 1.38 bits per heavy atom. The van der Waals surface area contributed by atoms with Gasteiger partial charge in [-0.15, -0.1) is 0 Å². The van der Waals surface area contributed by atoms with E-state index in [1.165, 1.54) is 6.26 Å². The van der Waals surface area contributed by atoms with E-state index in [1.54, 1.807) is 10.9 Å². The molecule has 2 heterocycles. The first-order valence-electron chi connectivity index (χ1n) is 4.93. The fourth-order valence-corrected chi connectivity index (χ4v) is 1.51. The molecule has 4 heteroatoms. The third-order valence-corrected chi connectivity index (χ3v) is 2.26. The monoisotopic (exact) mass is 213 g/mol. The zero-order valence-corrected chi connectivity index (χ0v) is 8.46. The third-order valence-electron chi connectivity index (χ3n) is 2.26. The summed E-state index contributed by atoms with van der Waals surface area (Å²) in [6.45, 7) is 0.296. The molecule has 0 atom stereocenters. The maximum absolute atomic E-state index is 5.44. The van der Waals surface area contributed by atoms with Gasteiger partial charge in [-0.3, -0.25) is 0 Å². The SMILES string of the molecule is [c]1c2ccccc2cn1OCc1ncco1. The molecule has 4 nitrogen and oxygen atoms in total. The summed E-state index contributed by atoms with van der Waals surface area (Å²) in [5, 5.41) is 2.12. The molecule has 0 aliphatic heterocycles. The van der Waals surface area contributed by atoms with Gasteiger partial charge < -0.3 is 9.25 Å². The van der Waals surface area contributed by atoms with Gasteiger partial charge in [-0.2, -0.15) is 4.73 Å². The van der Waals surface area contributed by atoms with Gasteiger partial charge in [0.2, 0.25) is 5.89 Å². The van der Waals surface area contributed by atoms with E-state index in [1.807, 2.05) is 30.5 Å². The molecule has 0 fully saturated rings. The first-order valence-corrected chi connectivity index (χ1v) is 4.93. The summed E-state index contributed by atoms with van der Waals surface area (Å²) in [7, 11) is 0. The van der Waals surface area contributed by atoms with Crippen LogP contribution in [0.4, 0.5) is 0 Å². The van der Waals surface area contributed by atoms with Crippen LogP contribution in [0.2, 0.25) is 0 Å². The van der Waals surface area contributed by atoms with Gasteiger partial charge in [0.05, 0.1) is 12.4 Å². The number of aromatic nitrogens is 2. The van der Waals surface area contributed by atoms with E-state index in [9.17, 15) is 0 Å². The molecule has 0 saturated carbocycles. The van der Waals surface area contributed by atoms with Gasteiger partial charge in [-0.1, -0.05) is 24.3 Å². The highest BCUT2D eigenvalue weighted by atomic mass is 16.7. The standard InChI is InChI=1S/C12H9N2O2/c1-2-4-11-8-14(7-10(11)3-1)16-9-12-13-5-6-15-12/h1-7H,9H2. The van der Waals surface area contributed by atoms with Crippen molar-refractivity contribution in [3.8, 4) is 0 Å². The van der Waals surface area contributed by atoms with Gasteiger partial charge in [-0.25, -0.2) is 4.98 Å². The molecule has 0 N–H and O–H groups in total. The molecule has 1 radical (unpaired) electrons. The average Bonchev–Trinajstić information content (AvgIpc) is 2.95. The number of nitrogens with zero attached hydrogens (tertiary/aromatic N) is 2. The topological polar surface area (TPSA) is 40.2 Å². The molecule has 1 aromatic carbocycles. The van der Waals surface area contributed by atoms with Crippen LogP contribution in [-0.2, 0) is 6.61 Å². The lowest BCUT2D eigenvalue weighted by Gasteiger charge is -2.01. The molecule has 0 amide bonds.